The van der Waals surface area contributed by atoms with Gasteiger partial charge in [-0.1, -0.05) is 35.3 Å². The van der Waals surface area contributed by atoms with E-state index in [2.05, 4.69) is 15.3 Å². The van der Waals surface area contributed by atoms with E-state index in [0.29, 0.717) is 49.9 Å². The molecule has 5 aromatic rings. The number of fused-ring (bicyclic) bond motifs is 1. The lowest BCUT2D eigenvalue weighted by molar-refractivity contribution is -0.111. The summed E-state index contributed by atoms with van der Waals surface area (Å²) in [6.45, 7) is 1.94. The molecule has 0 aliphatic heterocycles. The molecule has 168 valence electrons. The summed E-state index contributed by atoms with van der Waals surface area (Å²) < 4.78 is 11.6. The van der Waals surface area contributed by atoms with E-state index < -0.39 is 0 Å². The Kier molecular flexibility index (Phi) is 5.92. The van der Waals surface area contributed by atoms with Crippen LogP contribution in [0.25, 0.3) is 40.1 Å². The molecule has 2 aromatic carbocycles. The number of nitrogens with zero attached hydrogens (tertiary/aromatic N) is 2. The van der Waals surface area contributed by atoms with E-state index in [1.807, 2.05) is 31.2 Å². The summed E-state index contributed by atoms with van der Waals surface area (Å²) in [6, 6.07) is 18.0. The van der Waals surface area contributed by atoms with Gasteiger partial charge in [-0.2, -0.15) is 4.98 Å². The average molecular weight is 490 g/mol. The smallest absolute Gasteiger partial charge is 0.248 e. The van der Waals surface area contributed by atoms with Gasteiger partial charge < -0.3 is 14.2 Å². The molecule has 34 heavy (non-hydrogen) atoms. The number of carbonyl (C=O) groups excluding carboxylic acids is 1. The van der Waals surface area contributed by atoms with E-state index in [0.717, 1.165) is 11.1 Å². The molecule has 0 aliphatic rings. The lowest BCUT2D eigenvalue weighted by Crippen LogP contribution is -2.08. The molecule has 0 bridgehead atoms. The maximum absolute atomic E-state index is 12.5. The third kappa shape index (κ3) is 4.59. The molecule has 0 aliphatic carbocycles. The van der Waals surface area contributed by atoms with Crippen LogP contribution in [-0.4, -0.2) is 15.9 Å². The molecule has 6 nitrogen and oxygen atoms in total. The lowest BCUT2D eigenvalue weighted by Gasteiger charge is -2.06. The van der Waals surface area contributed by atoms with Gasteiger partial charge in [-0.05, 0) is 67.1 Å². The van der Waals surface area contributed by atoms with E-state index in [-0.39, 0.29) is 5.91 Å². The highest BCUT2D eigenvalue weighted by molar-refractivity contribution is 6.34. The zero-order valence-electron chi connectivity index (χ0n) is 17.9. The summed E-state index contributed by atoms with van der Waals surface area (Å²) in [5.41, 5.74) is 4.02. The third-order valence-corrected chi connectivity index (χ3v) is 5.86. The Labute approximate surface area is 204 Å². The van der Waals surface area contributed by atoms with Gasteiger partial charge in [0.25, 0.3) is 0 Å². The van der Waals surface area contributed by atoms with Crippen LogP contribution < -0.4 is 5.32 Å². The number of carbonyl (C=O) groups is 1. The van der Waals surface area contributed by atoms with Gasteiger partial charge in [-0.15, -0.1) is 0 Å². The Balaban J connectivity index is 1.31. The zero-order valence-corrected chi connectivity index (χ0v) is 19.4. The minimum Gasteiger partial charge on any atom is -0.457 e. The van der Waals surface area contributed by atoms with Crippen molar-refractivity contribution in [3.05, 3.63) is 94.3 Å². The summed E-state index contributed by atoms with van der Waals surface area (Å²) in [5, 5.41) is 3.83. The maximum Gasteiger partial charge on any atom is 0.248 e. The second-order valence-corrected chi connectivity index (χ2v) is 8.34. The first-order valence-electron chi connectivity index (χ1n) is 10.3. The summed E-state index contributed by atoms with van der Waals surface area (Å²) >= 11 is 12.5. The molecule has 5 rings (SSSR count). The van der Waals surface area contributed by atoms with Crippen LogP contribution in [0.4, 0.5) is 5.69 Å². The van der Waals surface area contributed by atoms with Crippen molar-refractivity contribution in [2.45, 2.75) is 6.92 Å². The van der Waals surface area contributed by atoms with Gasteiger partial charge in [0.05, 0.1) is 10.7 Å². The maximum atomic E-state index is 12.5. The molecule has 0 spiro atoms. The van der Waals surface area contributed by atoms with E-state index in [9.17, 15) is 4.79 Å². The predicted octanol–water partition coefficient (Wildman–Crippen LogP) is 7.42. The molecule has 0 saturated heterocycles. The van der Waals surface area contributed by atoms with Gasteiger partial charge in [-0.25, -0.2) is 4.98 Å². The van der Waals surface area contributed by atoms with Crippen LogP contribution in [0, 0.1) is 6.92 Å². The Hall–Kier alpha value is -3.87. The first-order chi connectivity index (χ1) is 16.5. The average Bonchev–Trinajstić information content (AvgIpc) is 3.48. The summed E-state index contributed by atoms with van der Waals surface area (Å²) in [4.78, 5) is 21.1. The van der Waals surface area contributed by atoms with Crippen LogP contribution >= 0.6 is 23.2 Å². The van der Waals surface area contributed by atoms with Gasteiger partial charge in [0.2, 0.25) is 11.8 Å². The highest BCUT2D eigenvalue weighted by atomic mass is 35.5. The van der Waals surface area contributed by atoms with Crippen molar-refractivity contribution in [2.24, 2.45) is 0 Å². The van der Waals surface area contributed by atoms with Crippen LogP contribution in [0.15, 0.2) is 81.8 Å². The fraction of sp³-hybridized carbons (Fsp3) is 0.0385. The monoisotopic (exact) mass is 489 g/mol. The zero-order chi connectivity index (χ0) is 23.7. The van der Waals surface area contributed by atoms with Gasteiger partial charge in [0.15, 0.2) is 11.2 Å². The van der Waals surface area contributed by atoms with Crippen molar-refractivity contribution in [3.8, 4) is 22.8 Å². The molecule has 3 heterocycles. The topological polar surface area (TPSA) is 81.2 Å². The Morgan fingerprint density at radius 2 is 1.82 bits per heavy atom. The number of amides is 1. The van der Waals surface area contributed by atoms with Crippen LogP contribution in [0.5, 0.6) is 0 Å². The molecule has 0 atom stereocenters. The Bertz CT molecular complexity index is 1520. The van der Waals surface area contributed by atoms with Crippen molar-refractivity contribution < 1.29 is 13.6 Å². The molecular formula is C26H17Cl2N3O3. The predicted molar refractivity (Wildman–Crippen MR) is 134 cm³/mol. The second-order valence-electron chi connectivity index (χ2n) is 7.53. The van der Waals surface area contributed by atoms with Crippen molar-refractivity contribution in [1.29, 1.82) is 0 Å². The number of nitrogens with one attached hydrogen (secondary N) is 1. The standard InChI is InChI=1S/C26H17Cl2N3O3/c1-15-4-5-16(13-20(15)28)22-10-7-18(33-22)8-11-24(32)30-21-14-17(6-9-19(21)27)26-31-25-23(34-26)3-2-12-29-25/h2-14H,1H3,(H,30,32)/b11-8+. The highest BCUT2D eigenvalue weighted by Gasteiger charge is 2.12. The fourth-order valence-corrected chi connectivity index (χ4v) is 3.67. The van der Waals surface area contributed by atoms with Gasteiger partial charge in [0.1, 0.15) is 11.5 Å². The number of hydrogen-bond donors (Lipinski definition) is 1. The van der Waals surface area contributed by atoms with Gasteiger partial charge in [-0.3, -0.25) is 4.79 Å². The largest absolute Gasteiger partial charge is 0.457 e. The number of benzene rings is 2. The molecule has 0 saturated carbocycles. The van der Waals surface area contributed by atoms with Crippen LogP contribution in [0.3, 0.4) is 0 Å². The van der Waals surface area contributed by atoms with Crippen molar-refractivity contribution in [3.63, 3.8) is 0 Å². The number of aromatic nitrogens is 2. The number of furan rings is 1. The highest BCUT2D eigenvalue weighted by Crippen LogP contribution is 2.30. The minimum absolute atomic E-state index is 0.366. The number of anilines is 1. The first kappa shape index (κ1) is 21.9. The summed E-state index contributed by atoms with van der Waals surface area (Å²) in [5.74, 6) is 1.21. The number of rotatable bonds is 5. The molecule has 3 aromatic heterocycles. The van der Waals surface area contributed by atoms with Crippen molar-refractivity contribution in [1.82, 2.24) is 9.97 Å². The molecular weight excluding hydrogens is 473 g/mol. The Morgan fingerprint density at radius 1 is 0.971 bits per heavy atom. The number of hydrogen-bond acceptors (Lipinski definition) is 5. The van der Waals surface area contributed by atoms with E-state index in [4.69, 9.17) is 32.0 Å². The first-order valence-corrected chi connectivity index (χ1v) is 11.1. The van der Waals surface area contributed by atoms with Gasteiger partial charge >= 0.3 is 0 Å². The number of halogens is 2. The number of aryl methyl sites for hydroxylation is 1. The third-order valence-electron chi connectivity index (χ3n) is 5.12. The van der Waals surface area contributed by atoms with Crippen molar-refractivity contribution >= 4 is 52.1 Å². The van der Waals surface area contributed by atoms with Gasteiger partial charge in [0, 0.05) is 28.4 Å². The Morgan fingerprint density at radius 3 is 2.65 bits per heavy atom. The molecule has 1 N–H and O–H groups in total. The lowest BCUT2D eigenvalue weighted by atomic mass is 10.1. The second kappa shape index (κ2) is 9.17. The molecule has 0 radical (unpaired) electrons. The van der Waals surface area contributed by atoms with Crippen molar-refractivity contribution in [2.75, 3.05) is 5.32 Å². The summed E-state index contributed by atoms with van der Waals surface area (Å²) in [7, 11) is 0. The van der Waals surface area contributed by atoms with Crippen LogP contribution in [-0.2, 0) is 4.79 Å². The number of pyridine rings is 1. The quantitative estimate of drug-likeness (QED) is 0.259. The van der Waals surface area contributed by atoms with E-state index >= 15 is 0 Å². The fourth-order valence-electron chi connectivity index (χ4n) is 3.32. The molecule has 0 unspecified atom stereocenters. The van der Waals surface area contributed by atoms with E-state index in [1.165, 1.54) is 6.08 Å². The molecule has 8 heteroatoms. The SMILES string of the molecule is Cc1ccc(-c2ccc(/C=C/C(=O)Nc3cc(-c4nc5ncccc5o4)ccc3Cl)o2)cc1Cl. The minimum atomic E-state index is -0.366. The normalized spacial score (nSPS) is 11.4. The molecule has 1 amide bonds. The van der Waals surface area contributed by atoms with Crippen LogP contribution in [0.1, 0.15) is 11.3 Å². The van der Waals surface area contributed by atoms with Crippen LogP contribution in [0.2, 0.25) is 10.0 Å². The molecule has 0 fully saturated rings. The summed E-state index contributed by atoms with van der Waals surface area (Å²) in [6.07, 6.45) is 4.60. The van der Waals surface area contributed by atoms with E-state index in [1.54, 1.807) is 48.7 Å². The number of oxazole rings is 1.